The lowest BCUT2D eigenvalue weighted by atomic mass is 9.76. The van der Waals surface area contributed by atoms with Crippen LogP contribution >= 0.6 is 15.9 Å². The van der Waals surface area contributed by atoms with Crippen LogP contribution in [-0.2, 0) is 10.0 Å². The van der Waals surface area contributed by atoms with Crippen molar-refractivity contribution >= 4 is 43.3 Å². The molecule has 32 heavy (non-hydrogen) atoms. The Hall–Kier alpha value is -2.18. The van der Waals surface area contributed by atoms with Gasteiger partial charge in [-0.25, -0.2) is 13.0 Å². The Morgan fingerprint density at radius 1 is 1.28 bits per heavy atom. The fourth-order valence-corrected chi connectivity index (χ4v) is 6.33. The van der Waals surface area contributed by atoms with Crippen LogP contribution < -0.4 is 10.6 Å². The van der Waals surface area contributed by atoms with E-state index in [0.717, 1.165) is 35.7 Å². The number of sulfonamides is 1. The molecule has 3 unspecified atom stereocenters. The molecule has 2 fully saturated rings. The van der Waals surface area contributed by atoms with Crippen molar-refractivity contribution in [2.45, 2.75) is 51.1 Å². The molecule has 1 aliphatic carbocycles. The molecule has 3 atom stereocenters. The molecule has 0 radical (unpaired) electrons. The molecule has 1 aliphatic heterocycles. The molecule has 0 bridgehead atoms. The van der Waals surface area contributed by atoms with Crippen molar-refractivity contribution in [2.75, 3.05) is 23.4 Å². The van der Waals surface area contributed by atoms with E-state index in [0.29, 0.717) is 24.5 Å². The zero-order chi connectivity index (χ0) is 22.9. The van der Waals surface area contributed by atoms with Gasteiger partial charge in [0.1, 0.15) is 0 Å². The van der Waals surface area contributed by atoms with Gasteiger partial charge in [0.25, 0.3) is 0 Å². The van der Waals surface area contributed by atoms with E-state index >= 15 is 0 Å². The van der Waals surface area contributed by atoms with Crippen LogP contribution in [0.2, 0.25) is 0 Å². The highest BCUT2D eigenvalue weighted by atomic mass is 79.9. The largest absolute Gasteiger partial charge is 0.409 e. The van der Waals surface area contributed by atoms with E-state index in [4.69, 9.17) is 4.63 Å². The number of hydrogen-bond donors (Lipinski definition) is 3. The molecule has 0 amide bonds. The number of hydrogen-bond acceptors (Lipinski definition) is 8. The number of nitrogens with one attached hydrogen (secondary N) is 2. The molecule has 1 aromatic heterocycles. The first kappa shape index (κ1) is 23.0. The average molecular weight is 527 g/mol. The van der Waals surface area contributed by atoms with E-state index in [9.17, 15) is 13.6 Å². The number of oxime groups is 1. The number of nitrogens with zero attached hydrogens (tertiary/aromatic N) is 4. The van der Waals surface area contributed by atoms with Crippen molar-refractivity contribution in [1.82, 2.24) is 14.6 Å². The normalized spacial score (nSPS) is 24.7. The van der Waals surface area contributed by atoms with Crippen LogP contribution in [0.4, 0.5) is 11.5 Å². The van der Waals surface area contributed by atoms with Gasteiger partial charge in [-0.2, -0.15) is 4.31 Å². The lowest BCUT2D eigenvalue weighted by Crippen LogP contribution is -2.56. The van der Waals surface area contributed by atoms with Crippen molar-refractivity contribution in [2.24, 2.45) is 11.1 Å². The number of anilines is 2. The van der Waals surface area contributed by atoms with Gasteiger partial charge in [-0.15, -0.1) is 0 Å². The van der Waals surface area contributed by atoms with Crippen LogP contribution in [0, 0.1) is 12.8 Å². The summed E-state index contributed by atoms with van der Waals surface area (Å²) in [6.07, 6.45) is 5.80. The third-order valence-corrected chi connectivity index (χ3v) is 8.48. The molecule has 1 saturated carbocycles. The number of aryl methyl sites for hydroxylation is 1. The first-order valence-electron chi connectivity index (χ1n) is 10.6. The van der Waals surface area contributed by atoms with Gasteiger partial charge >= 0.3 is 0 Å². The molecule has 2 aliphatic rings. The van der Waals surface area contributed by atoms with Gasteiger partial charge in [0.2, 0.25) is 21.7 Å². The maximum absolute atomic E-state index is 12.3. The summed E-state index contributed by atoms with van der Waals surface area (Å²) in [5.41, 5.74) is 2.03. The lowest BCUT2D eigenvalue weighted by molar-refractivity contribution is 0.117. The molecule has 3 N–H and O–H groups in total. The minimum Gasteiger partial charge on any atom is -0.409 e. The first-order chi connectivity index (χ1) is 15.3. The summed E-state index contributed by atoms with van der Waals surface area (Å²) in [7, 11) is -3.26. The molecule has 1 saturated heterocycles. The highest BCUT2D eigenvalue weighted by molar-refractivity contribution is 9.10. The Morgan fingerprint density at radius 3 is 2.78 bits per heavy atom. The highest BCUT2D eigenvalue weighted by Gasteiger charge is 2.43. The second-order valence-electron chi connectivity index (χ2n) is 8.43. The summed E-state index contributed by atoms with van der Waals surface area (Å²) in [5, 5.41) is 27.3. The van der Waals surface area contributed by atoms with Gasteiger partial charge in [0.05, 0.1) is 6.26 Å². The van der Waals surface area contributed by atoms with Crippen molar-refractivity contribution in [1.29, 1.82) is 0 Å². The molecular formula is C20H27BrN6O4S. The van der Waals surface area contributed by atoms with Gasteiger partial charge in [-0.1, -0.05) is 40.0 Å². The minimum absolute atomic E-state index is 0.0115. The lowest BCUT2D eigenvalue weighted by Gasteiger charge is -2.47. The standard InChI is InChI=1S/C20H27BrN6O4S/c1-12-7-8-13(11-15(12)21)22-19(24-28)18-20(26-31-25-18)23-16-9-10-27(32(2,29)30)17-6-4-3-5-14(16)17/h7-8,11,14,16-17,28H,3-6,9-10H2,1-2H3,(H,22,24)(H,23,26). The summed E-state index contributed by atoms with van der Waals surface area (Å²) in [6.45, 7) is 2.43. The predicted octanol–water partition coefficient (Wildman–Crippen LogP) is 3.39. The zero-order valence-corrected chi connectivity index (χ0v) is 20.4. The highest BCUT2D eigenvalue weighted by Crippen LogP contribution is 2.38. The number of benzene rings is 1. The van der Waals surface area contributed by atoms with Crippen molar-refractivity contribution in [3.63, 3.8) is 0 Å². The molecule has 2 aromatic rings. The predicted molar refractivity (Wildman–Crippen MR) is 124 cm³/mol. The molecule has 2 heterocycles. The maximum Gasteiger partial charge on any atom is 0.211 e. The Balaban J connectivity index is 1.53. The monoisotopic (exact) mass is 526 g/mol. The van der Waals surface area contributed by atoms with Crippen LogP contribution in [0.1, 0.15) is 43.4 Å². The Morgan fingerprint density at radius 2 is 2.06 bits per heavy atom. The van der Waals surface area contributed by atoms with Crippen LogP contribution in [0.3, 0.4) is 0 Å². The van der Waals surface area contributed by atoms with E-state index < -0.39 is 10.0 Å². The van der Waals surface area contributed by atoms with Crippen LogP contribution in [0.25, 0.3) is 0 Å². The second kappa shape index (κ2) is 9.36. The van der Waals surface area contributed by atoms with Gasteiger partial charge in [0, 0.05) is 28.8 Å². The molecule has 174 valence electrons. The minimum atomic E-state index is -3.26. The fourth-order valence-electron chi connectivity index (χ4n) is 4.76. The molecular weight excluding hydrogens is 500 g/mol. The van der Waals surface area contributed by atoms with E-state index in [-0.39, 0.29) is 29.5 Å². The fraction of sp³-hybridized carbons (Fsp3) is 0.550. The van der Waals surface area contributed by atoms with Crippen molar-refractivity contribution in [3.05, 3.63) is 33.9 Å². The summed E-state index contributed by atoms with van der Waals surface area (Å²) in [5.74, 6) is 0.615. The van der Waals surface area contributed by atoms with Crippen LogP contribution in [-0.4, -0.2) is 59.0 Å². The number of aromatic nitrogens is 2. The van der Waals surface area contributed by atoms with Gasteiger partial charge in [-0.3, -0.25) is 0 Å². The van der Waals surface area contributed by atoms with E-state index in [2.05, 4.69) is 42.0 Å². The molecule has 12 heteroatoms. The molecule has 4 rings (SSSR count). The van der Waals surface area contributed by atoms with E-state index in [1.165, 1.54) is 6.26 Å². The third-order valence-electron chi connectivity index (χ3n) is 6.32. The SMILES string of the molecule is Cc1ccc(N/C(=N\O)c2nonc2NC2CCN(S(C)(=O)=O)C3CCCCC23)cc1Br. The smallest absolute Gasteiger partial charge is 0.211 e. The number of rotatable bonds is 5. The number of amidine groups is 1. The van der Waals surface area contributed by atoms with Crippen LogP contribution in [0.5, 0.6) is 0 Å². The van der Waals surface area contributed by atoms with E-state index in [1.807, 2.05) is 25.1 Å². The number of halogens is 1. The van der Waals surface area contributed by atoms with Gasteiger partial charge < -0.3 is 15.8 Å². The third kappa shape index (κ3) is 4.76. The summed E-state index contributed by atoms with van der Waals surface area (Å²) >= 11 is 3.49. The van der Waals surface area contributed by atoms with Gasteiger partial charge in [0.15, 0.2) is 5.69 Å². The maximum atomic E-state index is 12.3. The van der Waals surface area contributed by atoms with Crippen molar-refractivity contribution < 1.29 is 18.3 Å². The molecule has 1 aromatic carbocycles. The molecule has 10 nitrogen and oxygen atoms in total. The Labute approximate surface area is 195 Å². The van der Waals surface area contributed by atoms with E-state index in [1.54, 1.807) is 4.31 Å². The van der Waals surface area contributed by atoms with Crippen molar-refractivity contribution in [3.8, 4) is 0 Å². The topological polar surface area (TPSA) is 133 Å². The molecule has 0 spiro atoms. The summed E-state index contributed by atoms with van der Waals surface area (Å²) in [6, 6.07) is 5.65. The van der Waals surface area contributed by atoms with Crippen LogP contribution in [0.15, 0.2) is 32.5 Å². The summed E-state index contributed by atoms with van der Waals surface area (Å²) in [4.78, 5) is 0. The Kier molecular flexibility index (Phi) is 6.72. The first-order valence-corrected chi connectivity index (χ1v) is 13.2. The zero-order valence-electron chi connectivity index (χ0n) is 18.0. The average Bonchev–Trinajstić information content (AvgIpc) is 3.22. The number of piperidine rings is 1. The summed E-state index contributed by atoms with van der Waals surface area (Å²) < 4.78 is 32.1. The van der Waals surface area contributed by atoms with Gasteiger partial charge in [-0.05, 0) is 60.1 Å². The quantitative estimate of drug-likeness (QED) is 0.233. The number of fused-ring (bicyclic) bond motifs is 1. The second-order valence-corrected chi connectivity index (χ2v) is 11.2. The Bertz CT molecular complexity index is 1110.